The molecule has 1 N–H and O–H groups in total. The molecule has 19 heavy (non-hydrogen) atoms. The summed E-state index contributed by atoms with van der Waals surface area (Å²) in [5.74, 6) is 0.435. The number of likely N-dealkylation sites (tertiary alicyclic amines) is 1. The molecule has 106 valence electrons. The molecule has 1 aromatic rings. The number of ether oxygens (including phenoxy) is 1. The van der Waals surface area contributed by atoms with Crippen molar-refractivity contribution >= 4 is 0 Å². The second-order valence-corrected chi connectivity index (χ2v) is 5.14. The van der Waals surface area contributed by atoms with Gasteiger partial charge >= 0.3 is 0 Å². The molecule has 0 aromatic heterocycles. The minimum Gasteiger partial charge on any atom is -0.492 e. The van der Waals surface area contributed by atoms with Crippen LogP contribution in [-0.2, 0) is 0 Å². The van der Waals surface area contributed by atoms with Gasteiger partial charge in [-0.3, -0.25) is 4.90 Å². The van der Waals surface area contributed by atoms with Crippen LogP contribution in [0.3, 0.4) is 0 Å². The Morgan fingerprint density at radius 2 is 2.11 bits per heavy atom. The van der Waals surface area contributed by atoms with Crippen LogP contribution in [0.4, 0.5) is 4.39 Å². The summed E-state index contributed by atoms with van der Waals surface area (Å²) >= 11 is 0. The van der Waals surface area contributed by atoms with Crippen LogP contribution < -0.4 is 4.74 Å². The van der Waals surface area contributed by atoms with Gasteiger partial charge in [0.25, 0.3) is 0 Å². The van der Waals surface area contributed by atoms with E-state index in [1.165, 1.54) is 25.0 Å². The van der Waals surface area contributed by atoms with Crippen molar-refractivity contribution in [1.29, 1.82) is 0 Å². The van der Waals surface area contributed by atoms with E-state index in [1.807, 2.05) is 6.92 Å². The first kappa shape index (κ1) is 14.3. The molecule has 3 nitrogen and oxygen atoms in total. The molecule has 0 saturated carbocycles. The minimum absolute atomic E-state index is 0.241. The fourth-order valence-corrected chi connectivity index (χ4v) is 2.65. The van der Waals surface area contributed by atoms with Crippen LogP contribution in [0, 0.1) is 5.82 Å². The van der Waals surface area contributed by atoms with E-state index >= 15 is 0 Å². The summed E-state index contributed by atoms with van der Waals surface area (Å²) in [4.78, 5) is 2.29. The van der Waals surface area contributed by atoms with Gasteiger partial charge < -0.3 is 9.84 Å². The van der Waals surface area contributed by atoms with E-state index < -0.39 is 0 Å². The molecule has 0 amide bonds. The highest BCUT2D eigenvalue weighted by Crippen LogP contribution is 2.19. The van der Waals surface area contributed by atoms with Crippen molar-refractivity contribution in [3.63, 3.8) is 0 Å². The van der Waals surface area contributed by atoms with Crippen molar-refractivity contribution < 1.29 is 14.2 Å². The van der Waals surface area contributed by atoms with Crippen LogP contribution in [-0.4, -0.2) is 41.8 Å². The smallest absolute Gasteiger partial charge is 0.123 e. The Hall–Kier alpha value is -1.13. The first-order chi connectivity index (χ1) is 9.16. The molecule has 4 heteroatoms. The molecular weight excluding hydrogens is 245 g/mol. The predicted molar refractivity (Wildman–Crippen MR) is 72.8 cm³/mol. The first-order valence-electron chi connectivity index (χ1n) is 6.97. The number of hydrogen-bond acceptors (Lipinski definition) is 3. The Labute approximate surface area is 114 Å². The van der Waals surface area contributed by atoms with Crippen molar-refractivity contribution in [2.75, 3.05) is 19.7 Å². The molecule has 0 bridgehead atoms. The summed E-state index contributed by atoms with van der Waals surface area (Å²) in [6.07, 6.45) is 3.12. The van der Waals surface area contributed by atoms with Gasteiger partial charge in [0, 0.05) is 12.6 Å². The number of aliphatic hydroxyl groups is 1. The lowest BCUT2D eigenvalue weighted by Crippen LogP contribution is -2.47. The highest BCUT2D eigenvalue weighted by molar-refractivity contribution is 5.21. The molecule has 1 aromatic carbocycles. The number of benzene rings is 1. The van der Waals surface area contributed by atoms with E-state index in [1.54, 1.807) is 12.1 Å². The molecule has 0 spiro atoms. The Morgan fingerprint density at radius 3 is 2.79 bits per heavy atom. The standard InChI is InChI=1S/C15H22FNO2/c1-12(18)15-4-2-3-9-17(15)10-11-19-14-7-5-13(16)6-8-14/h5-8,12,15,18H,2-4,9-11H2,1H3. The third kappa shape index (κ3) is 4.18. The quantitative estimate of drug-likeness (QED) is 0.889. The van der Waals surface area contributed by atoms with Gasteiger partial charge in [-0.1, -0.05) is 6.42 Å². The molecule has 1 saturated heterocycles. The highest BCUT2D eigenvalue weighted by atomic mass is 19.1. The van der Waals surface area contributed by atoms with Crippen molar-refractivity contribution in [2.24, 2.45) is 0 Å². The number of rotatable bonds is 5. The molecule has 1 aliphatic heterocycles. The summed E-state index contributed by atoms with van der Waals surface area (Å²) in [6, 6.07) is 6.31. The average Bonchev–Trinajstić information content (AvgIpc) is 2.41. The summed E-state index contributed by atoms with van der Waals surface area (Å²) in [6.45, 7) is 4.23. The number of piperidine rings is 1. The third-order valence-electron chi connectivity index (χ3n) is 3.68. The molecule has 2 rings (SSSR count). The fraction of sp³-hybridized carbons (Fsp3) is 0.600. The van der Waals surface area contributed by atoms with Crippen LogP contribution in [0.5, 0.6) is 5.75 Å². The van der Waals surface area contributed by atoms with E-state index in [4.69, 9.17) is 4.74 Å². The fourth-order valence-electron chi connectivity index (χ4n) is 2.65. The average molecular weight is 267 g/mol. The Bertz CT molecular complexity index is 380. The summed E-state index contributed by atoms with van der Waals surface area (Å²) < 4.78 is 18.4. The lowest BCUT2D eigenvalue weighted by Gasteiger charge is -2.37. The normalized spacial score (nSPS) is 22.2. The molecule has 0 radical (unpaired) electrons. The second kappa shape index (κ2) is 6.87. The predicted octanol–water partition coefficient (Wildman–Crippen LogP) is 2.44. The zero-order valence-corrected chi connectivity index (χ0v) is 11.4. The SMILES string of the molecule is CC(O)C1CCCCN1CCOc1ccc(F)cc1. The highest BCUT2D eigenvalue weighted by Gasteiger charge is 2.25. The molecule has 1 fully saturated rings. The maximum absolute atomic E-state index is 12.7. The lowest BCUT2D eigenvalue weighted by molar-refractivity contribution is 0.0293. The Kier molecular flexibility index (Phi) is 5.16. The number of nitrogens with zero attached hydrogens (tertiary/aromatic N) is 1. The maximum atomic E-state index is 12.7. The van der Waals surface area contributed by atoms with E-state index in [9.17, 15) is 9.50 Å². The van der Waals surface area contributed by atoms with E-state index in [0.717, 1.165) is 19.5 Å². The van der Waals surface area contributed by atoms with Crippen molar-refractivity contribution in [3.8, 4) is 5.75 Å². The van der Waals surface area contributed by atoms with Crippen LogP contribution >= 0.6 is 0 Å². The third-order valence-corrected chi connectivity index (χ3v) is 3.68. The minimum atomic E-state index is -0.300. The van der Waals surface area contributed by atoms with Gasteiger partial charge in [0.2, 0.25) is 0 Å². The summed E-state index contributed by atoms with van der Waals surface area (Å²) in [5.41, 5.74) is 0. The van der Waals surface area contributed by atoms with Gasteiger partial charge in [-0.15, -0.1) is 0 Å². The van der Waals surface area contributed by atoms with Crippen molar-refractivity contribution in [2.45, 2.75) is 38.3 Å². The molecule has 1 heterocycles. The maximum Gasteiger partial charge on any atom is 0.123 e. The number of halogens is 1. The van der Waals surface area contributed by atoms with Crippen molar-refractivity contribution in [1.82, 2.24) is 4.90 Å². The zero-order valence-electron chi connectivity index (χ0n) is 11.4. The van der Waals surface area contributed by atoms with Crippen LogP contribution in [0.25, 0.3) is 0 Å². The molecular formula is C15H22FNO2. The van der Waals surface area contributed by atoms with E-state index in [2.05, 4.69) is 4.90 Å². The van der Waals surface area contributed by atoms with Gasteiger partial charge in [-0.25, -0.2) is 4.39 Å². The molecule has 2 unspecified atom stereocenters. The number of aliphatic hydroxyl groups excluding tert-OH is 1. The first-order valence-corrected chi connectivity index (χ1v) is 6.97. The van der Waals surface area contributed by atoms with Gasteiger partial charge in [-0.05, 0) is 50.6 Å². The summed E-state index contributed by atoms with van der Waals surface area (Å²) in [5, 5.41) is 9.77. The van der Waals surface area contributed by atoms with Crippen molar-refractivity contribution in [3.05, 3.63) is 30.1 Å². The monoisotopic (exact) mass is 267 g/mol. The van der Waals surface area contributed by atoms with E-state index in [-0.39, 0.29) is 18.0 Å². The second-order valence-electron chi connectivity index (χ2n) is 5.14. The zero-order chi connectivity index (χ0) is 13.7. The van der Waals surface area contributed by atoms with Crippen LogP contribution in [0.15, 0.2) is 24.3 Å². The van der Waals surface area contributed by atoms with Gasteiger partial charge in [0.05, 0.1) is 6.10 Å². The summed E-state index contributed by atoms with van der Waals surface area (Å²) in [7, 11) is 0. The molecule has 1 aliphatic rings. The van der Waals surface area contributed by atoms with Gasteiger partial charge in [0.1, 0.15) is 18.2 Å². The topological polar surface area (TPSA) is 32.7 Å². The molecule has 0 aliphatic carbocycles. The molecule has 2 atom stereocenters. The van der Waals surface area contributed by atoms with Gasteiger partial charge in [0.15, 0.2) is 0 Å². The number of hydrogen-bond donors (Lipinski definition) is 1. The Morgan fingerprint density at radius 1 is 1.37 bits per heavy atom. The largest absolute Gasteiger partial charge is 0.492 e. The van der Waals surface area contributed by atoms with E-state index in [0.29, 0.717) is 12.4 Å². The lowest BCUT2D eigenvalue weighted by atomic mass is 9.98. The van der Waals surface area contributed by atoms with Crippen LogP contribution in [0.1, 0.15) is 26.2 Å². The van der Waals surface area contributed by atoms with Crippen LogP contribution in [0.2, 0.25) is 0 Å². The van der Waals surface area contributed by atoms with Gasteiger partial charge in [-0.2, -0.15) is 0 Å². The Balaban J connectivity index is 1.79.